The molecule has 0 bridgehead atoms. The first-order valence-corrected chi connectivity index (χ1v) is 8.12. The summed E-state index contributed by atoms with van der Waals surface area (Å²) in [5.41, 5.74) is 3.41. The molecule has 0 amide bonds. The normalized spacial score (nSPS) is 11.3. The van der Waals surface area contributed by atoms with Crippen LogP contribution in [0.5, 0.6) is 0 Å². The van der Waals surface area contributed by atoms with E-state index in [1.165, 1.54) is 21.8 Å². The van der Waals surface area contributed by atoms with E-state index < -0.39 is 0 Å². The van der Waals surface area contributed by atoms with E-state index >= 15 is 0 Å². The van der Waals surface area contributed by atoms with Crippen molar-refractivity contribution in [2.75, 3.05) is 0 Å². The Morgan fingerprint density at radius 2 is 1.43 bits per heavy atom. The van der Waals surface area contributed by atoms with E-state index in [0.29, 0.717) is 0 Å². The van der Waals surface area contributed by atoms with Gasteiger partial charge in [0.1, 0.15) is 0 Å². The van der Waals surface area contributed by atoms with Gasteiger partial charge in [-0.15, -0.1) is 0 Å². The van der Waals surface area contributed by atoms with Gasteiger partial charge in [0.25, 0.3) is 0 Å². The number of hydrogen-bond donors (Lipinski definition) is 0. The Morgan fingerprint density at radius 1 is 0.810 bits per heavy atom. The van der Waals surface area contributed by atoms with E-state index in [9.17, 15) is 0 Å². The highest BCUT2D eigenvalue weighted by atomic mass is 79.9. The standard InChI is InChI=1S/C17H10Br2N2/c18-11-3-5-14-15-6-4-12(19)9-17(15)21(16(14)8-11)13-2-1-7-20-10-13/h1-10H. The Balaban J connectivity index is 2.24. The molecule has 0 fully saturated rings. The summed E-state index contributed by atoms with van der Waals surface area (Å²) >= 11 is 7.15. The van der Waals surface area contributed by atoms with Gasteiger partial charge < -0.3 is 4.57 Å². The highest BCUT2D eigenvalue weighted by Gasteiger charge is 2.12. The Hall–Kier alpha value is -1.65. The van der Waals surface area contributed by atoms with E-state index in [-0.39, 0.29) is 0 Å². The summed E-state index contributed by atoms with van der Waals surface area (Å²) in [6, 6.07) is 16.8. The van der Waals surface area contributed by atoms with Crippen LogP contribution < -0.4 is 0 Å². The zero-order chi connectivity index (χ0) is 14.4. The molecule has 0 atom stereocenters. The third kappa shape index (κ3) is 2.10. The van der Waals surface area contributed by atoms with Gasteiger partial charge in [-0.1, -0.05) is 44.0 Å². The maximum Gasteiger partial charge on any atom is 0.0645 e. The van der Waals surface area contributed by atoms with E-state index in [4.69, 9.17) is 0 Å². The van der Waals surface area contributed by atoms with Crippen LogP contribution in [0.3, 0.4) is 0 Å². The molecule has 2 heterocycles. The molecule has 4 aromatic rings. The third-order valence-electron chi connectivity index (χ3n) is 3.60. The molecule has 0 aliphatic heterocycles. The van der Waals surface area contributed by atoms with Gasteiger partial charge in [-0.3, -0.25) is 4.98 Å². The molecule has 21 heavy (non-hydrogen) atoms. The van der Waals surface area contributed by atoms with Crippen LogP contribution in [0.25, 0.3) is 27.5 Å². The van der Waals surface area contributed by atoms with E-state index in [1.54, 1.807) is 6.20 Å². The van der Waals surface area contributed by atoms with Gasteiger partial charge in [-0.2, -0.15) is 0 Å². The van der Waals surface area contributed by atoms with Gasteiger partial charge in [0.05, 0.1) is 22.9 Å². The van der Waals surface area contributed by atoms with E-state index in [1.807, 2.05) is 12.3 Å². The van der Waals surface area contributed by atoms with Gasteiger partial charge in [-0.05, 0) is 36.4 Å². The summed E-state index contributed by atoms with van der Waals surface area (Å²) in [6.45, 7) is 0. The Morgan fingerprint density at radius 3 is 1.95 bits per heavy atom. The first-order chi connectivity index (χ1) is 10.2. The summed E-state index contributed by atoms with van der Waals surface area (Å²) in [4.78, 5) is 4.25. The molecule has 2 aromatic carbocycles. The summed E-state index contributed by atoms with van der Waals surface area (Å²) in [7, 11) is 0. The van der Waals surface area contributed by atoms with Crippen LogP contribution in [0.15, 0.2) is 69.9 Å². The van der Waals surface area contributed by atoms with Crippen LogP contribution in [0.4, 0.5) is 0 Å². The van der Waals surface area contributed by atoms with Gasteiger partial charge in [0.2, 0.25) is 0 Å². The number of pyridine rings is 1. The molecular formula is C17H10Br2N2. The van der Waals surface area contributed by atoms with Crippen molar-refractivity contribution in [1.82, 2.24) is 9.55 Å². The second kappa shape index (κ2) is 4.97. The molecule has 0 saturated heterocycles. The predicted octanol–water partition coefficient (Wildman–Crippen LogP) is 5.70. The number of fused-ring (bicyclic) bond motifs is 3. The van der Waals surface area contributed by atoms with Crippen molar-refractivity contribution in [2.24, 2.45) is 0 Å². The lowest BCUT2D eigenvalue weighted by Gasteiger charge is -2.07. The van der Waals surface area contributed by atoms with Crippen LogP contribution in [-0.4, -0.2) is 9.55 Å². The Bertz CT molecular complexity index is 900. The monoisotopic (exact) mass is 400 g/mol. The predicted molar refractivity (Wildman–Crippen MR) is 94.0 cm³/mol. The molecule has 4 heteroatoms. The maximum atomic E-state index is 4.25. The van der Waals surface area contributed by atoms with Crippen molar-refractivity contribution < 1.29 is 0 Å². The highest BCUT2D eigenvalue weighted by molar-refractivity contribution is 9.10. The van der Waals surface area contributed by atoms with E-state index in [0.717, 1.165) is 14.6 Å². The summed E-state index contributed by atoms with van der Waals surface area (Å²) in [6.07, 6.45) is 3.68. The molecule has 0 N–H and O–H groups in total. The molecule has 0 unspecified atom stereocenters. The molecule has 0 aliphatic rings. The van der Waals surface area contributed by atoms with Crippen LogP contribution in [0, 0.1) is 0 Å². The first-order valence-electron chi connectivity index (χ1n) is 6.54. The first kappa shape index (κ1) is 13.0. The number of rotatable bonds is 1. The molecule has 0 radical (unpaired) electrons. The lowest BCUT2D eigenvalue weighted by Crippen LogP contribution is -1.94. The SMILES string of the molecule is Brc1ccc2c3ccc(Br)cc3n(-c3cccnc3)c2c1. The smallest absolute Gasteiger partial charge is 0.0645 e. The number of halogens is 2. The lowest BCUT2D eigenvalue weighted by molar-refractivity contribution is 1.14. The maximum absolute atomic E-state index is 4.25. The second-order valence-corrected chi connectivity index (χ2v) is 6.70. The molecule has 102 valence electrons. The van der Waals surface area contributed by atoms with Crippen molar-refractivity contribution in [1.29, 1.82) is 0 Å². The summed E-state index contributed by atoms with van der Waals surface area (Å²) in [5, 5.41) is 2.48. The van der Waals surface area contributed by atoms with Crippen molar-refractivity contribution in [3.8, 4) is 5.69 Å². The van der Waals surface area contributed by atoms with E-state index in [2.05, 4.69) is 83.9 Å². The Labute approximate surface area is 138 Å². The van der Waals surface area contributed by atoms with Crippen molar-refractivity contribution in [2.45, 2.75) is 0 Å². The quantitative estimate of drug-likeness (QED) is 0.399. The average Bonchev–Trinajstić information content (AvgIpc) is 2.80. The van der Waals surface area contributed by atoms with Gasteiger partial charge in [0.15, 0.2) is 0 Å². The zero-order valence-electron chi connectivity index (χ0n) is 10.9. The van der Waals surface area contributed by atoms with Crippen LogP contribution in [0.2, 0.25) is 0 Å². The second-order valence-electron chi connectivity index (χ2n) is 4.87. The number of aromatic nitrogens is 2. The van der Waals surface area contributed by atoms with Crippen LogP contribution in [-0.2, 0) is 0 Å². The minimum absolute atomic E-state index is 1.06. The Kier molecular flexibility index (Phi) is 3.08. The fourth-order valence-electron chi connectivity index (χ4n) is 2.73. The fourth-order valence-corrected chi connectivity index (χ4v) is 3.43. The molecule has 2 nitrogen and oxygen atoms in total. The molecule has 0 saturated carbocycles. The van der Waals surface area contributed by atoms with Crippen molar-refractivity contribution in [3.63, 3.8) is 0 Å². The molecular weight excluding hydrogens is 392 g/mol. The summed E-state index contributed by atoms with van der Waals surface area (Å²) in [5.74, 6) is 0. The highest BCUT2D eigenvalue weighted by Crippen LogP contribution is 2.34. The number of benzene rings is 2. The van der Waals surface area contributed by atoms with Crippen molar-refractivity contribution in [3.05, 3.63) is 69.9 Å². The summed E-state index contributed by atoms with van der Waals surface area (Å²) < 4.78 is 4.39. The fraction of sp³-hybridized carbons (Fsp3) is 0. The number of nitrogens with zero attached hydrogens (tertiary/aromatic N) is 2. The van der Waals surface area contributed by atoms with Crippen LogP contribution >= 0.6 is 31.9 Å². The average molecular weight is 402 g/mol. The minimum Gasteiger partial charge on any atom is -0.308 e. The van der Waals surface area contributed by atoms with Gasteiger partial charge >= 0.3 is 0 Å². The molecule has 0 aliphatic carbocycles. The molecule has 0 spiro atoms. The van der Waals surface area contributed by atoms with Crippen molar-refractivity contribution >= 4 is 53.7 Å². The number of hydrogen-bond acceptors (Lipinski definition) is 1. The zero-order valence-corrected chi connectivity index (χ0v) is 14.1. The minimum atomic E-state index is 1.06. The van der Waals surface area contributed by atoms with Crippen LogP contribution in [0.1, 0.15) is 0 Å². The molecule has 4 rings (SSSR count). The topological polar surface area (TPSA) is 17.8 Å². The van der Waals surface area contributed by atoms with Gasteiger partial charge in [0, 0.05) is 25.9 Å². The largest absolute Gasteiger partial charge is 0.308 e. The lowest BCUT2D eigenvalue weighted by atomic mass is 10.2. The van der Waals surface area contributed by atoms with Gasteiger partial charge in [-0.25, -0.2) is 0 Å². The third-order valence-corrected chi connectivity index (χ3v) is 4.58. The molecule has 2 aromatic heterocycles.